The van der Waals surface area contributed by atoms with Gasteiger partial charge in [-0.3, -0.25) is 4.84 Å². The van der Waals surface area contributed by atoms with Gasteiger partial charge in [-0.15, -0.1) is 0 Å². The van der Waals surface area contributed by atoms with Crippen LogP contribution < -0.4 is 0 Å². The molecule has 0 amide bonds. The predicted octanol–water partition coefficient (Wildman–Crippen LogP) is -1.17. The van der Waals surface area contributed by atoms with E-state index in [9.17, 15) is 0 Å². The Morgan fingerprint density at radius 2 is 2.11 bits per heavy atom. The number of aliphatic hydroxyl groups excluding tert-OH is 2. The molecule has 4 nitrogen and oxygen atoms in total. The summed E-state index contributed by atoms with van der Waals surface area (Å²) in [5, 5.41) is 18.5. The van der Waals surface area contributed by atoms with Gasteiger partial charge < -0.3 is 10.2 Å². The first-order valence-electron chi connectivity index (χ1n) is 2.76. The lowest BCUT2D eigenvalue weighted by molar-refractivity contribution is -0.149. The first-order chi connectivity index (χ1) is 4.16. The Bertz CT molecular complexity index is 67.2. The third-order valence-corrected chi connectivity index (χ3v) is 0.736. The maximum Gasteiger partial charge on any atom is 0.102 e. The molecule has 0 spiro atoms. The summed E-state index contributed by atoms with van der Waals surface area (Å²) in [6.45, 7) is -0.114. The molecule has 0 aliphatic heterocycles. The van der Waals surface area contributed by atoms with E-state index in [0.29, 0.717) is 0 Å². The molecule has 0 radical (unpaired) electrons. The lowest BCUT2D eigenvalue weighted by Gasteiger charge is -2.12. The zero-order valence-corrected chi connectivity index (χ0v) is 5.74. The number of hydrogen-bond donors (Lipinski definition) is 2. The molecule has 0 aliphatic carbocycles. The van der Waals surface area contributed by atoms with Crippen LogP contribution in [-0.2, 0) is 4.84 Å². The van der Waals surface area contributed by atoms with Gasteiger partial charge in [0, 0.05) is 14.1 Å². The molecule has 0 bridgehead atoms. The number of hydrogen-bond acceptors (Lipinski definition) is 4. The Kier molecular flexibility index (Phi) is 4.61. The van der Waals surface area contributed by atoms with E-state index < -0.39 is 6.10 Å². The minimum Gasteiger partial charge on any atom is -0.394 e. The second kappa shape index (κ2) is 4.69. The molecule has 0 aromatic carbocycles. The summed E-state index contributed by atoms with van der Waals surface area (Å²) < 4.78 is 0. The molecule has 56 valence electrons. The van der Waals surface area contributed by atoms with Crippen LogP contribution in [0.3, 0.4) is 0 Å². The van der Waals surface area contributed by atoms with Gasteiger partial charge in [-0.2, -0.15) is 5.06 Å². The molecule has 1 atom stereocenters. The molecule has 0 rings (SSSR count). The van der Waals surface area contributed by atoms with Crippen molar-refractivity contribution in [2.75, 3.05) is 27.3 Å². The molecular weight excluding hydrogens is 122 g/mol. The van der Waals surface area contributed by atoms with Crippen molar-refractivity contribution >= 4 is 0 Å². The summed E-state index contributed by atoms with van der Waals surface area (Å²) in [7, 11) is 3.42. The molecule has 0 unspecified atom stereocenters. The Labute approximate surface area is 54.6 Å². The lowest BCUT2D eigenvalue weighted by Crippen LogP contribution is -2.24. The van der Waals surface area contributed by atoms with Crippen molar-refractivity contribution in [3.8, 4) is 0 Å². The van der Waals surface area contributed by atoms with Crippen LogP contribution in [0.2, 0.25) is 0 Å². The van der Waals surface area contributed by atoms with Gasteiger partial charge in [0.05, 0.1) is 13.2 Å². The highest BCUT2D eigenvalue weighted by Crippen LogP contribution is 1.84. The van der Waals surface area contributed by atoms with E-state index in [1.807, 2.05) is 0 Å². The summed E-state index contributed by atoms with van der Waals surface area (Å²) in [5.41, 5.74) is 0. The van der Waals surface area contributed by atoms with Gasteiger partial charge in [-0.05, 0) is 0 Å². The highest BCUT2D eigenvalue weighted by molar-refractivity contribution is 4.46. The zero-order valence-electron chi connectivity index (χ0n) is 5.74. The monoisotopic (exact) mass is 135 g/mol. The highest BCUT2D eigenvalue weighted by Gasteiger charge is 2.01. The number of nitrogens with zero attached hydrogens (tertiary/aromatic N) is 1. The van der Waals surface area contributed by atoms with E-state index in [0.717, 1.165) is 0 Å². The second-order valence-corrected chi connectivity index (χ2v) is 1.94. The third kappa shape index (κ3) is 5.72. The fourth-order valence-corrected chi connectivity index (χ4v) is 0.288. The molecule has 0 saturated heterocycles. The molecule has 0 fully saturated rings. The molecule has 0 aliphatic rings. The zero-order chi connectivity index (χ0) is 7.28. The normalized spacial score (nSPS) is 14.3. The minimum atomic E-state index is -0.771. The summed E-state index contributed by atoms with van der Waals surface area (Å²) >= 11 is 0. The minimum absolute atomic E-state index is 0.142. The average Bonchev–Trinajstić information content (AvgIpc) is 1.83. The van der Waals surface area contributed by atoms with E-state index in [2.05, 4.69) is 0 Å². The van der Waals surface area contributed by atoms with E-state index in [1.54, 1.807) is 14.1 Å². The molecule has 9 heavy (non-hydrogen) atoms. The van der Waals surface area contributed by atoms with Crippen molar-refractivity contribution in [2.45, 2.75) is 6.10 Å². The van der Waals surface area contributed by atoms with Crippen LogP contribution in [-0.4, -0.2) is 48.7 Å². The van der Waals surface area contributed by atoms with Crippen LogP contribution in [0.15, 0.2) is 0 Å². The lowest BCUT2D eigenvalue weighted by atomic mass is 10.4. The van der Waals surface area contributed by atoms with Crippen molar-refractivity contribution in [1.29, 1.82) is 0 Å². The van der Waals surface area contributed by atoms with Crippen molar-refractivity contribution in [3.63, 3.8) is 0 Å². The van der Waals surface area contributed by atoms with E-state index >= 15 is 0 Å². The molecule has 4 heteroatoms. The summed E-state index contributed by atoms with van der Waals surface area (Å²) in [4.78, 5) is 4.82. The maximum atomic E-state index is 8.71. The molecular formula is C5H13NO3. The highest BCUT2D eigenvalue weighted by atomic mass is 16.7. The standard InChI is InChI=1S/C5H13NO3/c1-6(2)9-4-5(8)3-7/h5,7-8H,3-4H2,1-2H3/t5-/m0/s1. The largest absolute Gasteiger partial charge is 0.394 e. The number of hydroxylamine groups is 2. The number of aliphatic hydroxyl groups is 2. The Balaban J connectivity index is 3.06. The van der Waals surface area contributed by atoms with Crippen LogP contribution in [0, 0.1) is 0 Å². The first-order valence-corrected chi connectivity index (χ1v) is 2.76. The van der Waals surface area contributed by atoms with E-state index in [-0.39, 0.29) is 13.2 Å². The van der Waals surface area contributed by atoms with Gasteiger partial charge in [0.15, 0.2) is 0 Å². The quantitative estimate of drug-likeness (QED) is 0.477. The number of rotatable bonds is 4. The van der Waals surface area contributed by atoms with Gasteiger partial charge in [0.2, 0.25) is 0 Å². The second-order valence-electron chi connectivity index (χ2n) is 1.94. The predicted molar refractivity (Wildman–Crippen MR) is 32.7 cm³/mol. The topological polar surface area (TPSA) is 52.9 Å². The van der Waals surface area contributed by atoms with Crippen LogP contribution in [0.25, 0.3) is 0 Å². The summed E-state index contributed by atoms with van der Waals surface area (Å²) in [5.74, 6) is 0. The fraction of sp³-hybridized carbons (Fsp3) is 1.00. The van der Waals surface area contributed by atoms with Gasteiger partial charge >= 0.3 is 0 Å². The summed E-state index contributed by atoms with van der Waals surface area (Å²) in [6, 6.07) is 0. The molecule has 2 N–H and O–H groups in total. The molecule has 0 saturated carbocycles. The van der Waals surface area contributed by atoms with E-state index in [4.69, 9.17) is 15.1 Å². The van der Waals surface area contributed by atoms with Gasteiger partial charge in [0.25, 0.3) is 0 Å². The van der Waals surface area contributed by atoms with Crippen molar-refractivity contribution < 1.29 is 15.1 Å². The van der Waals surface area contributed by atoms with Crippen molar-refractivity contribution in [1.82, 2.24) is 5.06 Å². The SMILES string of the molecule is CN(C)OC[C@@H](O)CO. The Morgan fingerprint density at radius 1 is 1.56 bits per heavy atom. The molecule has 0 aromatic heterocycles. The first kappa shape index (κ1) is 8.84. The van der Waals surface area contributed by atoms with Crippen molar-refractivity contribution in [2.24, 2.45) is 0 Å². The van der Waals surface area contributed by atoms with Crippen LogP contribution >= 0.6 is 0 Å². The smallest absolute Gasteiger partial charge is 0.102 e. The maximum absolute atomic E-state index is 8.71. The van der Waals surface area contributed by atoms with Crippen LogP contribution in [0.4, 0.5) is 0 Å². The van der Waals surface area contributed by atoms with Crippen LogP contribution in [0.5, 0.6) is 0 Å². The Hall–Kier alpha value is -0.160. The van der Waals surface area contributed by atoms with Gasteiger partial charge in [0.1, 0.15) is 6.10 Å². The molecule has 0 heterocycles. The van der Waals surface area contributed by atoms with Crippen molar-refractivity contribution in [3.05, 3.63) is 0 Å². The van der Waals surface area contributed by atoms with Gasteiger partial charge in [-0.25, -0.2) is 0 Å². The summed E-state index contributed by atoms with van der Waals surface area (Å²) in [6.07, 6.45) is -0.771. The van der Waals surface area contributed by atoms with E-state index in [1.165, 1.54) is 5.06 Å². The van der Waals surface area contributed by atoms with Crippen LogP contribution in [0.1, 0.15) is 0 Å². The third-order valence-electron chi connectivity index (χ3n) is 0.736. The molecule has 0 aromatic rings. The van der Waals surface area contributed by atoms with Gasteiger partial charge in [-0.1, -0.05) is 0 Å². The Morgan fingerprint density at radius 3 is 2.44 bits per heavy atom. The fourth-order valence-electron chi connectivity index (χ4n) is 0.288. The average molecular weight is 135 g/mol.